The van der Waals surface area contributed by atoms with E-state index in [0.29, 0.717) is 40.2 Å². The van der Waals surface area contributed by atoms with Crippen molar-refractivity contribution in [2.45, 2.75) is 102 Å². The van der Waals surface area contributed by atoms with Crippen LogP contribution in [0.2, 0.25) is 0 Å². The molecule has 3 fully saturated rings. The Morgan fingerprint density at radius 3 is 2.28 bits per heavy atom. The zero-order chi connectivity index (χ0) is 45.9. The van der Waals surface area contributed by atoms with Gasteiger partial charge in [0, 0.05) is 33.7 Å². The number of aromatic nitrogens is 2. The van der Waals surface area contributed by atoms with Crippen LogP contribution in [0.3, 0.4) is 0 Å². The molecule has 5 atom stereocenters. The van der Waals surface area contributed by atoms with Crippen LogP contribution < -0.4 is 24.8 Å². The van der Waals surface area contributed by atoms with Gasteiger partial charge in [0.15, 0.2) is 5.82 Å². The fourth-order valence-corrected chi connectivity index (χ4v) is 10.5. The summed E-state index contributed by atoms with van der Waals surface area (Å²) < 4.78 is 82.4. The van der Waals surface area contributed by atoms with Gasteiger partial charge in [-0.15, -0.1) is 17.9 Å². The maximum absolute atomic E-state index is 14.9. The smallest absolute Gasteiger partial charge is 0.416 e. The van der Waals surface area contributed by atoms with E-state index in [9.17, 15) is 36.0 Å². The van der Waals surface area contributed by atoms with E-state index in [0.717, 1.165) is 22.2 Å². The number of thiophene rings is 1. The second kappa shape index (κ2) is 16.7. The van der Waals surface area contributed by atoms with Crippen LogP contribution >= 0.6 is 11.3 Å². The van der Waals surface area contributed by atoms with Crippen molar-refractivity contribution in [1.29, 1.82) is 0 Å². The minimum absolute atomic E-state index is 0.0301. The van der Waals surface area contributed by atoms with Crippen molar-refractivity contribution in [3.05, 3.63) is 91.0 Å². The third kappa shape index (κ3) is 9.12. The fourth-order valence-electron chi connectivity index (χ4n) is 8.02. The average molecular weight is 919 g/mol. The molecule has 2 aliphatic carbocycles. The van der Waals surface area contributed by atoms with Gasteiger partial charge in [-0.05, 0) is 93.1 Å². The molecule has 3 aromatic carbocycles. The molecular weight excluding hydrogens is 870 g/mol. The van der Waals surface area contributed by atoms with Gasteiger partial charge in [0.1, 0.15) is 34.2 Å². The van der Waals surface area contributed by atoms with Crippen LogP contribution in [0.25, 0.3) is 31.7 Å². The fraction of sp³-hybridized carbons (Fsp3) is 0.413. The summed E-state index contributed by atoms with van der Waals surface area (Å²) in [5, 5.41) is 6.11. The molecule has 8 rings (SSSR count). The Hall–Kier alpha value is -5.75. The molecule has 3 amide bonds. The molecule has 18 heteroatoms. The number of nitrogens with zero attached hydrogens (tertiary/aromatic N) is 3. The zero-order valence-electron chi connectivity index (χ0n) is 35.9. The van der Waals surface area contributed by atoms with Crippen LogP contribution in [-0.2, 0) is 30.6 Å². The summed E-state index contributed by atoms with van der Waals surface area (Å²) >= 11 is 1.43. The number of nitrogens with one attached hydrogen (secondary N) is 3. The first-order chi connectivity index (χ1) is 30.2. The molecule has 3 heterocycles. The van der Waals surface area contributed by atoms with Gasteiger partial charge in [-0.2, -0.15) is 18.2 Å². The number of alkyl halides is 3. The van der Waals surface area contributed by atoms with E-state index in [4.69, 9.17) is 19.4 Å². The number of halogens is 3. The number of hydrogen-bond acceptors (Lipinski definition) is 11. The van der Waals surface area contributed by atoms with E-state index < -0.39 is 79.8 Å². The minimum atomic E-state index is -4.57. The number of fused-ring (bicyclic) bond motifs is 3. The number of likely N-dealkylation sites (tertiary alicyclic amines) is 1. The Morgan fingerprint density at radius 2 is 1.67 bits per heavy atom. The molecule has 338 valence electrons. The molecule has 0 unspecified atom stereocenters. The first-order valence-corrected chi connectivity index (χ1v) is 23.4. The van der Waals surface area contributed by atoms with E-state index in [2.05, 4.69) is 21.9 Å². The lowest BCUT2D eigenvalue weighted by Gasteiger charge is -2.36. The standard InChI is InChI=1S/C46H49F3N6O7S2/c1-7-27-23-45(27,43(58)54-64(59,60)32-20-21-32)53-40(56)34-22-31(24-55(34)42(57)38(44(4,5)6)50-29-16-14-28(15-17-29)46(47,48)49)62-41-37-36(33-10-8-9-11-35(33)63-37)51-39(52-41)26-12-18-30(19-13-26)61-25(2)3/h7-19,25,27,31-32,34,38,50H,1,20-24H2,2-6H3,(H,53,56)(H,54,58)/t27-,31-,34+,38-,45-/m1/s1. The highest BCUT2D eigenvalue weighted by atomic mass is 32.2. The summed E-state index contributed by atoms with van der Waals surface area (Å²) in [6, 6.07) is 17.1. The van der Waals surface area contributed by atoms with Gasteiger partial charge in [-0.3, -0.25) is 19.1 Å². The summed E-state index contributed by atoms with van der Waals surface area (Å²) in [6.45, 7) is 12.9. The predicted octanol–water partition coefficient (Wildman–Crippen LogP) is 7.86. The van der Waals surface area contributed by atoms with Gasteiger partial charge in [-0.25, -0.2) is 13.4 Å². The van der Waals surface area contributed by atoms with Crippen molar-refractivity contribution in [1.82, 2.24) is 24.9 Å². The number of carbonyl (C=O) groups is 3. The molecule has 3 aliphatic rings. The van der Waals surface area contributed by atoms with Crippen LogP contribution in [-0.4, -0.2) is 82.6 Å². The molecule has 5 aromatic rings. The Labute approximate surface area is 372 Å². The third-order valence-electron chi connectivity index (χ3n) is 11.7. The second-order valence-corrected chi connectivity index (χ2v) is 21.0. The van der Waals surface area contributed by atoms with Gasteiger partial charge in [0.25, 0.3) is 5.91 Å². The normalized spacial score (nSPS) is 21.7. The molecule has 2 aromatic heterocycles. The molecule has 2 saturated carbocycles. The van der Waals surface area contributed by atoms with Crippen LogP contribution in [0.15, 0.2) is 85.5 Å². The van der Waals surface area contributed by atoms with Gasteiger partial charge in [0.05, 0.1) is 29.0 Å². The van der Waals surface area contributed by atoms with Gasteiger partial charge in [0.2, 0.25) is 27.7 Å². The van der Waals surface area contributed by atoms with Crippen LogP contribution in [0, 0.1) is 11.3 Å². The van der Waals surface area contributed by atoms with Crippen LogP contribution in [0.4, 0.5) is 18.9 Å². The molecule has 0 bridgehead atoms. The molecule has 0 spiro atoms. The van der Waals surface area contributed by atoms with E-state index in [1.54, 1.807) is 20.8 Å². The number of sulfonamides is 1. The topological polar surface area (TPSA) is 169 Å². The number of carbonyl (C=O) groups excluding carboxylic acids is 3. The quantitative estimate of drug-likeness (QED) is 0.0933. The summed E-state index contributed by atoms with van der Waals surface area (Å²) in [5.74, 6) is -1.47. The molecule has 64 heavy (non-hydrogen) atoms. The highest BCUT2D eigenvalue weighted by molar-refractivity contribution is 7.91. The summed E-state index contributed by atoms with van der Waals surface area (Å²) in [6.07, 6.45) is -3.08. The zero-order valence-corrected chi connectivity index (χ0v) is 37.5. The van der Waals surface area contributed by atoms with Crippen molar-refractivity contribution in [2.75, 3.05) is 11.9 Å². The molecule has 3 N–H and O–H groups in total. The predicted molar refractivity (Wildman–Crippen MR) is 238 cm³/mol. The van der Waals surface area contributed by atoms with E-state index in [1.807, 2.05) is 62.4 Å². The SMILES string of the molecule is C=C[C@@H]1C[C@]1(NC(=O)[C@@H]1C[C@@H](Oc2nc(-c3ccc(OC(C)C)cc3)nc3c2sc2ccccc23)CN1C(=O)[C@@H](Nc1ccc(C(F)(F)F)cc1)C(C)(C)C)C(=O)NS(=O)(=O)C1CC1. The largest absolute Gasteiger partial charge is 0.491 e. The first-order valence-electron chi connectivity index (χ1n) is 21.0. The summed E-state index contributed by atoms with van der Waals surface area (Å²) in [4.78, 5) is 54.5. The molecular formula is C46H49F3N6O7S2. The molecule has 13 nitrogen and oxygen atoms in total. The summed E-state index contributed by atoms with van der Waals surface area (Å²) in [7, 11) is -3.97. The number of rotatable bonds is 14. The molecule has 1 saturated heterocycles. The number of benzene rings is 3. The number of ether oxygens (including phenoxy) is 2. The lowest BCUT2D eigenvalue weighted by Crippen LogP contribution is -2.58. The lowest BCUT2D eigenvalue weighted by atomic mass is 9.85. The highest BCUT2D eigenvalue weighted by Crippen LogP contribution is 2.46. The van der Waals surface area contributed by atoms with Crippen molar-refractivity contribution >= 4 is 65.1 Å². The number of hydrogen-bond donors (Lipinski definition) is 3. The van der Waals surface area contributed by atoms with Crippen molar-refractivity contribution in [3.8, 4) is 23.0 Å². The Bertz CT molecular complexity index is 2730. The summed E-state index contributed by atoms with van der Waals surface area (Å²) in [5.41, 5.74) is -1.74. The van der Waals surface area contributed by atoms with Crippen molar-refractivity contribution in [3.63, 3.8) is 0 Å². The van der Waals surface area contributed by atoms with E-state index in [1.165, 1.54) is 34.4 Å². The van der Waals surface area contributed by atoms with Crippen LogP contribution in [0.5, 0.6) is 11.6 Å². The third-order valence-corrected chi connectivity index (χ3v) is 14.7. The Balaban J connectivity index is 1.14. The maximum Gasteiger partial charge on any atom is 0.416 e. The highest BCUT2D eigenvalue weighted by Gasteiger charge is 2.62. The first kappa shape index (κ1) is 44.8. The second-order valence-electron chi connectivity index (χ2n) is 18.0. The van der Waals surface area contributed by atoms with Gasteiger partial charge < -0.3 is 25.0 Å². The minimum Gasteiger partial charge on any atom is -0.491 e. The Kier molecular flexibility index (Phi) is 11.7. The van der Waals surface area contributed by atoms with Crippen LogP contribution in [0.1, 0.15) is 65.9 Å². The van der Waals surface area contributed by atoms with Gasteiger partial charge >= 0.3 is 6.18 Å². The van der Waals surface area contributed by atoms with Crippen molar-refractivity contribution < 1.29 is 45.4 Å². The monoisotopic (exact) mass is 918 g/mol. The lowest BCUT2D eigenvalue weighted by molar-refractivity contribution is -0.141. The van der Waals surface area contributed by atoms with Gasteiger partial charge in [-0.1, -0.05) is 45.0 Å². The average Bonchev–Trinajstić information content (AvgIpc) is 4.14. The molecule has 0 radical (unpaired) electrons. The molecule has 1 aliphatic heterocycles. The van der Waals surface area contributed by atoms with E-state index in [-0.39, 0.29) is 37.1 Å². The van der Waals surface area contributed by atoms with E-state index >= 15 is 0 Å². The van der Waals surface area contributed by atoms with Crippen molar-refractivity contribution in [2.24, 2.45) is 11.3 Å². The number of anilines is 1. The Morgan fingerprint density at radius 1 is 0.984 bits per heavy atom. The number of amides is 3. The maximum atomic E-state index is 14.9.